The number of aromatic nitrogens is 3. The van der Waals surface area contributed by atoms with Crippen LogP contribution in [0.2, 0.25) is 0 Å². The van der Waals surface area contributed by atoms with Gasteiger partial charge in [0.1, 0.15) is 0 Å². The maximum atomic E-state index is 11.6. The molecule has 19 heavy (non-hydrogen) atoms. The predicted molar refractivity (Wildman–Crippen MR) is 71.9 cm³/mol. The lowest BCUT2D eigenvalue weighted by atomic mass is 10.3. The van der Waals surface area contributed by atoms with Crippen molar-refractivity contribution in [3.63, 3.8) is 0 Å². The zero-order chi connectivity index (χ0) is 13.5. The molecule has 0 unspecified atom stereocenters. The van der Waals surface area contributed by atoms with Crippen molar-refractivity contribution in [3.8, 4) is 0 Å². The number of hydrogen-bond donors (Lipinski definition) is 1. The molecule has 2 rings (SSSR count). The highest BCUT2D eigenvalue weighted by Gasteiger charge is 1.99. The molecule has 0 aromatic carbocycles. The van der Waals surface area contributed by atoms with Crippen molar-refractivity contribution in [2.45, 2.75) is 13.1 Å². The Labute approximate surface area is 111 Å². The zero-order valence-electron chi connectivity index (χ0n) is 10.7. The molecule has 6 nitrogen and oxygen atoms in total. The third-order valence-electron chi connectivity index (χ3n) is 2.61. The van der Waals surface area contributed by atoms with Gasteiger partial charge in [-0.1, -0.05) is 0 Å². The van der Waals surface area contributed by atoms with E-state index < -0.39 is 0 Å². The fraction of sp³-hybridized carbons (Fsp3) is 0.308. The summed E-state index contributed by atoms with van der Waals surface area (Å²) in [6.45, 7) is 1.61. The Balaban J connectivity index is 2.02. The normalized spacial score (nSPS) is 10.4. The molecular formula is C13H16N4O2. The van der Waals surface area contributed by atoms with Gasteiger partial charge >= 0.3 is 0 Å². The summed E-state index contributed by atoms with van der Waals surface area (Å²) in [6.07, 6.45) is 6.76. The second-order valence-corrected chi connectivity index (χ2v) is 3.99. The number of pyridine rings is 1. The Bertz CT molecular complexity index is 568. The van der Waals surface area contributed by atoms with E-state index >= 15 is 0 Å². The summed E-state index contributed by atoms with van der Waals surface area (Å²) in [6, 6.07) is 3.29. The summed E-state index contributed by atoms with van der Waals surface area (Å²) in [5, 5.41) is 3.20. The Kier molecular flexibility index (Phi) is 4.63. The summed E-state index contributed by atoms with van der Waals surface area (Å²) >= 11 is 0. The maximum absolute atomic E-state index is 11.6. The zero-order valence-corrected chi connectivity index (χ0v) is 10.7. The largest absolute Gasteiger partial charge is 0.383 e. The van der Waals surface area contributed by atoms with Crippen LogP contribution in [-0.2, 0) is 17.8 Å². The predicted octanol–water partition coefficient (Wildman–Crippen LogP) is 0.897. The summed E-state index contributed by atoms with van der Waals surface area (Å²) in [7, 11) is 1.61. The van der Waals surface area contributed by atoms with Gasteiger partial charge in [0.15, 0.2) is 0 Å². The van der Waals surface area contributed by atoms with Crippen molar-refractivity contribution < 1.29 is 4.74 Å². The number of rotatable bonds is 6. The van der Waals surface area contributed by atoms with E-state index in [4.69, 9.17) is 4.74 Å². The first-order chi connectivity index (χ1) is 9.29. The summed E-state index contributed by atoms with van der Waals surface area (Å²) in [5.74, 6) is 0. The van der Waals surface area contributed by atoms with Gasteiger partial charge in [0, 0.05) is 38.3 Å². The quantitative estimate of drug-likeness (QED) is 0.835. The first kappa shape index (κ1) is 13.2. The summed E-state index contributed by atoms with van der Waals surface area (Å²) < 4.78 is 6.59. The molecule has 0 atom stereocenters. The second-order valence-electron chi connectivity index (χ2n) is 3.99. The topological polar surface area (TPSA) is 69.0 Å². The fourth-order valence-electron chi connectivity index (χ4n) is 1.61. The minimum Gasteiger partial charge on any atom is -0.383 e. The molecule has 0 fully saturated rings. The van der Waals surface area contributed by atoms with Gasteiger partial charge in [-0.15, -0.1) is 0 Å². The molecule has 0 radical (unpaired) electrons. The SMILES string of the molecule is COCCn1cc(NCc2cnccn2)ccc1=O. The monoisotopic (exact) mass is 260 g/mol. The summed E-state index contributed by atoms with van der Waals surface area (Å²) in [4.78, 5) is 19.8. The molecule has 2 aromatic rings. The van der Waals surface area contributed by atoms with E-state index in [1.165, 1.54) is 6.07 Å². The van der Waals surface area contributed by atoms with E-state index in [2.05, 4.69) is 15.3 Å². The highest BCUT2D eigenvalue weighted by molar-refractivity contribution is 5.40. The van der Waals surface area contributed by atoms with Crippen LogP contribution in [0, 0.1) is 0 Å². The van der Waals surface area contributed by atoms with Gasteiger partial charge in [0.05, 0.1) is 30.7 Å². The molecule has 0 bridgehead atoms. The van der Waals surface area contributed by atoms with Gasteiger partial charge in [-0.05, 0) is 6.07 Å². The Morgan fingerprint density at radius 2 is 2.26 bits per heavy atom. The molecule has 0 aliphatic rings. The molecule has 2 aromatic heterocycles. The molecule has 0 saturated carbocycles. The first-order valence-electron chi connectivity index (χ1n) is 5.98. The van der Waals surface area contributed by atoms with Crippen LogP contribution in [-0.4, -0.2) is 28.3 Å². The van der Waals surface area contributed by atoms with Crippen molar-refractivity contribution >= 4 is 5.69 Å². The van der Waals surface area contributed by atoms with E-state index in [9.17, 15) is 4.79 Å². The molecule has 0 amide bonds. The second kappa shape index (κ2) is 6.65. The Morgan fingerprint density at radius 1 is 1.37 bits per heavy atom. The van der Waals surface area contributed by atoms with Crippen LogP contribution in [0.1, 0.15) is 5.69 Å². The molecule has 0 aliphatic heterocycles. The lowest BCUT2D eigenvalue weighted by molar-refractivity contribution is 0.186. The Morgan fingerprint density at radius 3 is 3.00 bits per heavy atom. The van der Waals surface area contributed by atoms with E-state index in [-0.39, 0.29) is 5.56 Å². The van der Waals surface area contributed by atoms with Crippen LogP contribution >= 0.6 is 0 Å². The average Bonchev–Trinajstić information content (AvgIpc) is 2.46. The molecule has 1 N–H and O–H groups in total. The van der Waals surface area contributed by atoms with Gasteiger partial charge in [-0.25, -0.2) is 0 Å². The van der Waals surface area contributed by atoms with Crippen molar-refractivity contribution in [2.75, 3.05) is 19.0 Å². The molecule has 6 heteroatoms. The van der Waals surface area contributed by atoms with Gasteiger partial charge in [0.2, 0.25) is 0 Å². The van der Waals surface area contributed by atoms with Crippen LogP contribution in [0.15, 0.2) is 41.7 Å². The number of nitrogens with one attached hydrogen (secondary N) is 1. The van der Waals surface area contributed by atoms with Crippen LogP contribution in [0.5, 0.6) is 0 Å². The lowest BCUT2D eigenvalue weighted by Gasteiger charge is -2.09. The Hall–Kier alpha value is -2.21. The van der Waals surface area contributed by atoms with Crippen LogP contribution in [0.25, 0.3) is 0 Å². The fourth-order valence-corrected chi connectivity index (χ4v) is 1.61. The molecule has 0 aliphatic carbocycles. The number of anilines is 1. The standard InChI is InChI=1S/C13H16N4O2/c1-19-7-6-17-10-11(2-3-13(17)18)16-9-12-8-14-4-5-15-12/h2-5,8,10,16H,6-7,9H2,1H3. The molecule has 100 valence electrons. The van der Waals surface area contributed by atoms with Crippen LogP contribution in [0.4, 0.5) is 5.69 Å². The highest BCUT2D eigenvalue weighted by Crippen LogP contribution is 2.05. The van der Waals surface area contributed by atoms with Crippen molar-refractivity contribution in [1.82, 2.24) is 14.5 Å². The van der Waals surface area contributed by atoms with Crippen molar-refractivity contribution in [1.29, 1.82) is 0 Å². The van der Waals surface area contributed by atoms with E-state index in [0.717, 1.165) is 11.4 Å². The van der Waals surface area contributed by atoms with Crippen LogP contribution < -0.4 is 10.9 Å². The third kappa shape index (κ3) is 3.89. The molecule has 0 saturated heterocycles. The number of nitrogens with zero attached hydrogens (tertiary/aromatic N) is 3. The minimum atomic E-state index is -0.0397. The average molecular weight is 260 g/mol. The minimum absolute atomic E-state index is 0.0397. The molecule has 2 heterocycles. The van der Waals surface area contributed by atoms with Gasteiger partial charge in [0.25, 0.3) is 5.56 Å². The van der Waals surface area contributed by atoms with Gasteiger partial charge in [-0.3, -0.25) is 14.8 Å². The molecule has 0 spiro atoms. The lowest BCUT2D eigenvalue weighted by Crippen LogP contribution is -2.21. The first-order valence-corrected chi connectivity index (χ1v) is 5.98. The number of methoxy groups -OCH3 is 1. The van der Waals surface area contributed by atoms with E-state index in [1.54, 1.807) is 42.5 Å². The smallest absolute Gasteiger partial charge is 0.250 e. The highest BCUT2D eigenvalue weighted by atomic mass is 16.5. The number of ether oxygens (including phenoxy) is 1. The third-order valence-corrected chi connectivity index (χ3v) is 2.61. The van der Waals surface area contributed by atoms with Crippen LogP contribution in [0.3, 0.4) is 0 Å². The van der Waals surface area contributed by atoms with Gasteiger partial charge < -0.3 is 14.6 Å². The van der Waals surface area contributed by atoms with E-state index in [0.29, 0.717) is 19.7 Å². The van der Waals surface area contributed by atoms with E-state index in [1.807, 2.05) is 0 Å². The molecular weight excluding hydrogens is 244 g/mol. The van der Waals surface area contributed by atoms with Gasteiger partial charge in [-0.2, -0.15) is 0 Å². The maximum Gasteiger partial charge on any atom is 0.250 e. The van der Waals surface area contributed by atoms with Crippen molar-refractivity contribution in [2.24, 2.45) is 0 Å². The summed E-state index contributed by atoms with van der Waals surface area (Å²) in [5.41, 5.74) is 1.67. The number of hydrogen-bond acceptors (Lipinski definition) is 5. The van der Waals surface area contributed by atoms with Crippen molar-refractivity contribution in [3.05, 3.63) is 53.0 Å².